The van der Waals surface area contributed by atoms with Crippen molar-refractivity contribution in [1.82, 2.24) is 19.4 Å². The molecular formula is C12H19F3N4O. The monoisotopic (exact) mass is 292 g/mol. The molecule has 1 aliphatic rings. The zero-order valence-electron chi connectivity index (χ0n) is 11.6. The highest BCUT2D eigenvalue weighted by atomic mass is 19.4. The summed E-state index contributed by atoms with van der Waals surface area (Å²) >= 11 is 0. The number of halogens is 3. The first-order chi connectivity index (χ1) is 9.46. The summed E-state index contributed by atoms with van der Waals surface area (Å²) in [4.78, 5) is 18.4. The third-order valence-corrected chi connectivity index (χ3v) is 2.77. The van der Waals surface area contributed by atoms with Gasteiger partial charge in [-0.15, -0.1) is 0 Å². The first kappa shape index (κ1) is 16.5. The predicted octanol–water partition coefficient (Wildman–Crippen LogP) is 2.06. The van der Waals surface area contributed by atoms with Crippen molar-refractivity contribution in [1.29, 1.82) is 0 Å². The molecule has 2 rings (SSSR count). The van der Waals surface area contributed by atoms with E-state index in [1.165, 1.54) is 33.1 Å². The number of carbonyl (C=O) groups excluding carboxylic acids is 1. The van der Waals surface area contributed by atoms with Crippen molar-refractivity contribution in [3.05, 3.63) is 18.7 Å². The number of hydrogen-bond donors (Lipinski definition) is 0. The second-order valence-electron chi connectivity index (χ2n) is 4.13. The standard InChI is InChI=1S/C10H13F3N4O.C2H6/c11-10(12,13)7-15-3-5-16(6-4-15)9(18)17-2-1-14-8-17;1-2/h1-2,8H,3-7H2;1-2H3. The van der Waals surface area contributed by atoms with Crippen molar-refractivity contribution < 1.29 is 18.0 Å². The van der Waals surface area contributed by atoms with E-state index >= 15 is 0 Å². The van der Waals surface area contributed by atoms with Crippen molar-refractivity contribution in [3.8, 4) is 0 Å². The molecule has 0 aliphatic carbocycles. The first-order valence-corrected chi connectivity index (χ1v) is 6.52. The fourth-order valence-corrected chi connectivity index (χ4v) is 1.89. The van der Waals surface area contributed by atoms with Gasteiger partial charge in [0.15, 0.2) is 0 Å². The minimum Gasteiger partial charge on any atom is -0.321 e. The molecule has 1 aliphatic heterocycles. The molecule has 0 radical (unpaired) electrons. The molecule has 0 bridgehead atoms. The molecule has 1 aromatic heterocycles. The number of amides is 1. The van der Waals surface area contributed by atoms with Gasteiger partial charge >= 0.3 is 12.2 Å². The Hall–Kier alpha value is -1.57. The minimum atomic E-state index is -4.18. The molecule has 5 nitrogen and oxygen atoms in total. The van der Waals surface area contributed by atoms with Crippen molar-refractivity contribution in [2.75, 3.05) is 32.7 Å². The number of aromatic nitrogens is 2. The van der Waals surface area contributed by atoms with Crippen LogP contribution >= 0.6 is 0 Å². The quantitative estimate of drug-likeness (QED) is 0.795. The van der Waals surface area contributed by atoms with Crippen LogP contribution in [-0.2, 0) is 0 Å². The predicted molar refractivity (Wildman–Crippen MR) is 68.4 cm³/mol. The van der Waals surface area contributed by atoms with E-state index in [2.05, 4.69) is 4.98 Å². The van der Waals surface area contributed by atoms with Gasteiger partial charge in [0.25, 0.3) is 0 Å². The van der Waals surface area contributed by atoms with Crippen molar-refractivity contribution in [3.63, 3.8) is 0 Å². The van der Waals surface area contributed by atoms with Crippen LogP contribution in [0.15, 0.2) is 18.7 Å². The Balaban J connectivity index is 0.000000956. The Morgan fingerprint density at radius 2 is 1.80 bits per heavy atom. The molecule has 2 heterocycles. The molecule has 0 aromatic carbocycles. The van der Waals surface area contributed by atoms with Gasteiger partial charge in [0.1, 0.15) is 6.33 Å². The SMILES string of the molecule is CC.O=C(N1CCN(CC(F)(F)F)CC1)n1ccnc1. The van der Waals surface area contributed by atoms with Crippen LogP contribution < -0.4 is 0 Å². The summed E-state index contributed by atoms with van der Waals surface area (Å²) < 4.78 is 37.9. The second-order valence-corrected chi connectivity index (χ2v) is 4.13. The number of nitrogens with zero attached hydrogens (tertiary/aromatic N) is 4. The summed E-state index contributed by atoms with van der Waals surface area (Å²) in [5.41, 5.74) is 0. The van der Waals surface area contributed by atoms with E-state index in [1.807, 2.05) is 13.8 Å². The van der Waals surface area contributed by atoms with Crippen LogP contribution in [0, 0.1) is 0 Å². The van der Waals surface area contributed by atoms with Gasteiger partial charge in [-0.05, 0) is 0 Å². The van der Waals surface area contributed by atoms with Crippen molar-refractivity contribution in [2.45, 2.75) is 20.0 Å². The molecular weight excluding hydrogens is 273 g/mol. The minimum absolute atomic E-state index is 0.236. The smallest absolute Gasteiger partial charge is 0.321 e. The maximum Gasteiger partial charge on any atom is 0.401 e. The van der Waals surface area contributed by atoms with Crippen LogP contribution in [0.4, 0.5) is 18.0 Å². The van der Waals surface area contributed by atoms with Gasteiger partial charge in [-0.3, -0.25) is 9.47 Å². The van der Waals surface area contributed by atoms with E-state index in [1.54, 1.807) is 0 Å². The average Bonchev–Trinajstić information content (AvgIpc) is 2.93. The lowest BCUT2D eigenvalue weighted by molar-refractivity contribution is -0.148. The molecule has 0 spiro atoms. The molecule has 8 heteroatoms. The number of imidazole rings is 1. The van der Waals surface area contributed by atoms with E-state index in [4.69, 9.17) is 0 Å². The molecule has 114 valence electrons. The first-order valence-electron chi connectivity index (χ1n) is 6.52. The third-order valence-electron chi connectivity index (χ3n) is 2.77. The number of rotatable bonds is 1. The van der Waals surface area contributed by atoms with Gasteiger partial charge in [-0.1, -0.05) is 13.8 Å². The number of carbonyl (C=O) groups is 1. The number of alkyl halides is 3. The van der Waals surface area contributed by atoms with Crippen LogP contribution in [0.5, 0.6) is 0 Å². The maximum absolute atomic E-state index is 12.2. The van der Waals surface area contributed by atoms with Crippen LogP contribution in [0.2, 0.25) is 0 Å². The summed E-state index contributed by atoms with van der Waals surface area (Å²) in [6, 6.07) is -0.251. The Bertz CT molecular complexity index is 397. The van der Waals surface area contributed by atoms with Gasteiger partial charge in [0, 0.05) is 38.6 Å². The Kier molecular flexibility index (Phi) is 6.00. The number of piperazine rings is 1. The fourth-order valence-electron chi connectivity index (χ4n) is 1.89. The Morgan fingerprint density at radius 3 is 2.25 bits per heavy atom. The Morgan fingerprint density at radius 1 is 1.20 bits per heavy atom. The third kappa shape index (κ3) is 4.84. The van der Waals surface area contributed by atoms with Gasteiger partial charge in [0.2, 0.25) is 0 Å². The summed E-state index contributed by atoms with van der Waals surface area (Å²) in [6.45, 7) is 4.15. The molecule has 0 saturated carbocycles. The molecule has 0 atom stereocenters. The number of hydrogen-bond acceptors (Lipinski definition) is 3. The van der Waals surface area contributed by atoms with Gasteiger partial charge in [-0.25, -0.2) is 9.78 Å². The van der Waals surface area contributed by atoms with Crippen molar-refractivity contribution >= 4 is 6.03 Å². The van der Waals surface area contributed by atoms with Crippen LogP contribution in [-0.4, -0.2) is 64.3 Å². The van der Waals surface area contributed by atoms with E-state index in [0.717, 1.165) is 0 Å². The van der Waals surface area contributed by atoms with Gasteiger partial charge in [-0.2, -0.15) is 13.2 Å². The maximum atomic E-state index is 12.2. The Labute approximate surface area is 116 Å². The lowest BCUT2D eigenvalue weighted by Gasteiger charge is -2.34. The van der Waals surface area contributed by atoms with Gasteiger partial charge in [0.05, 0.1) is 6.54 Å². The molecule has 0 unspecified atom stereocenters. The van der Waals surface area contributed by atoms with Crippen LogP contribution in [0.1, 0.15) is 13.8 Å². The molecule has 20 heavy (non-hydrogen) atoms. The lowest BCUT2D eigenvalue weighted by Crippen LogP contribution is -2.51. The van der Waals surface area contributed by atoms with E-state index in [-0.39, 0.29) is 19.1 Å². The second kappa shape index (κ2) is 7.28. The van der Waals surface area contributed by atoms with Crippen LogP contribution in [0.3, 0.4) is 0 Å². The molecule has 1 saturated heterocycles. The topological polar surface area (TPSA) is 41.4 Å². The fraction of sp³-hybridized carbons (Fsp3) is 0.667. The molecule has 1 aromatic rings. The van der Waals surface area contributed by atoms with E-state index < -0.39 is 12.7 Å². The lowest BCUT2D eigenvalue weighted by atomic mass is 10.3. The zero-order valence-corrected chi connectivity index (χ0v) is 11.6. The normalized spacial score (nSPS) is 16.6. The summed E-state index contributed by atoms with van der Waals surface area (Å²) in [5, 5.41) is 0. The molecule has 1 fully saturated rings. The highest BCUT2D eigenvalue weighted by Gasteiger charge is 2.32. The summed E-state index contributed by atoms with van der Waals surface area (Å²) in [6.07, 6.45) is 0.198. The summed E-state index contributed by atoms with van der Waals surface area (Å²) in [5.74, 6) is 0. The van der Waals surface area contributed by atoms with Gasteiger partial charge < -0.3 is 4.90 Å². The summed E-state index contributed by atoms with van der Waals surface area (Å²) in [7, 11) is 0. The average molecular weight is 292 g/mol. The highest BCUT2D eigenvalue weighted by Crippen LogP contribution is 2.17. The van der Waals surface area contributed by atoms with E-state index in [9.17, 15) is 18.0 Å². The van der Waals surface area contributed by atoms with Crippen LogP contribution in [0.25, 0.3) is 0 Å². The highest BCUT2D eigenvalue weighted by molar-refractivity contribution is 5.76. The molecule has 0 N–H and O–H groups in total. The zero-order chi connectivity index (χ0) is 15.2. The molecule has 1 amide bonds. The largest absolute Gasteiger partial charge is 0.401 e. The van der Waals surface area contributed by atoms with Crippen molar-refractivity contribution in [2.24, 2.45) is 0 Å². The van der Waals surface area contributed by atoms with E-state index in [0.29, 0.717) is 13.1 Å².